The molecule has 36 heavy (non-hydrogen) atoms. The van der Waals surface area contributed by atoms with E-state index >= 15 is 0 Å². The summed E-state index contributed by atoms with van der Waals surface area (Å²) in [6.45, 7) is -0.244. The predicted molar refractivity (Wildman–Crippen MR) is 133 cm³/mol. The Labute approximate surface area is 203 Å². The first-order valence-electron chi connectivity index (χ1n) is 10.6. The molecular formula is C25H20N4O7. The highest BCUT2D eigenvalue weighted by Gasteiger charge is 2.21. The second-order valence-corrected chi connectivity index (χ2v) is 7.52. The van der Waals surface area contributed by atoms with E-state index in [-0.39, 0.29) is 18.3 Å². The lowest BCUT2D eigenvalue weighted by Crippen LogP contribution is -2.20. The number of methoxy groups -OCH3 is 1. The van der Waals surface area contributed by atoms with E-state index in [0.29, 0.717) is 22.7 Å². The zero-order chi connectivity index (χ0) is 25.7. The number of carbonyl (C=O) groups excluding carboxylic acids is 1. The van der Waals surface area contributed by atoms with Crippen molar-refractivity contribution in [1.29, 1.82) is 0 Å². The fourth-order valence-electron chi connectivity index (χ4n) is 3.41. The Hall–Kier alpha value is -5.19. The van der Waals surface area contributed by atoms with Gasteiger partial charge in [-0.05, 0) is 46.7 Å². The average molecular weight is 488 g/mol. The number of aromatic nitrogens is 2. The van der Waals surface area contributed by atoms with Crippen molar-refractivity contribution >= 4 is 40.2 Å². The van der Waals surface area contributed by atoms with Crippen molar-refractivity contribution in [2.45, 2.75) is 0 Å². The van der Waals surface area contributed by atoms with Gasteiger partial charge in [0.1, 0.15) is 5.82 Å². The Kier molecular flexibility index (Phi) is 6.91. The normalized spacial score (nSPS) is 10.9. The summed E-state index contributed by atoms with van der Waals surface area (Å²) in [4.78, 5) is 39.7. The van der Waals surface area contributed by atoms with Gasteiger partial charge in [-0.15, -0.1) is 0 Å². The topological polar surface area (TPSA) is 157 Å². The zero-order valence-electron chi connectivity index (χ0n) is 18.9. The second kappa shape index (κ2) is 10.4. The van der Waals surface area contributed by atoms with Crippen molar-refractivity contribution < 1.29 is 24.3 Å². The molecule has 3 N–H and O–H groups in total. The van der Waals surface area contributed by atoms with Gasteiger partial charge >= 0.3 is 11.2 Å². The summed E-state index contributed by atoms with van der Waals surface area (Å²) < 4.78 is 11.0. The number of hydrogen-bond donors (Lipinski definition) is 3. The fraction of sp³-hybridized carbons (Fsp3) is 0.0800. The SMILES string of the molecule is COc1cc(C=Cc2nc(O)c([N+](=O)[O-])c(=O)[nH]2)ccc1OCC(=O)Nc1ccc2ccccc2c1. The number of H-pyrrole nitrogens is 1. The Morgan fingerprint density at radius 1 is 1.11 bits per heavy atom. The number of benzene rings is 3. The third kappa shape index (κ3) is 5.47. The van der Waals surface area contributed by atoms with E-state index in [1.165, 1.54) is 13.2 Å². The van der Waals surface area contributed by atoms with Crippen LogP contribution in [-0.2, 0) is 4.79 Å². The quantitative estimate of drug-likeness (QED) is 0.250. The number of nitro groups is 1. The van der Waals surface area contributed by atoms with Gasteiger partial charge in [0, 0.05) is 5.69 Å². The monoisotopic (exact) mass is 488 g/mol. The molecule has 1 aromatic heterocycles. The molecule has 0 radical (unpaired) electrons. The molecule has 0 fully saturated rings. The van der Waals surface area contributed by atoms with E-state index in [4.69, 9.17) is 9.47 Å². The molecule has 11 heteroatoms. The smallest absolute Gasteiger partial charge is 0.395 e. The van der Waals surface area contributed by atoms with Gasteiger partial charge in [0.2, 0.25) is 0 Å². The maximum atomic E-state index is 12.4. The van der Waals surface area contributed by atoms with Gasteiger partial charge in [-0.2, -0.15) is 4.98 Å². The molecule has 0 spiro atoms. The van der Waals surface area contributed by atoms with Crippen molar-refractivity contribution in [3.05, 3.63) is 92.5 Å². The average Bonchev–Trinajstić information content (AvgIpc) is 2.85. The predicted octanol–water partition coefficient (Wildman–Crippen LogP) is 3.73. The number of ether oxygens (including phenoxy) is 2. The molecule has 0 atom stereocenters. The van der Waals surface area contributed by atoms with Crippen LogP contribution in [0.5, 0.6) is 17.4 Å². The fourth-order valence-corrected chi connectivity index (χ4v) is 3.41. The summed E-state index contributed by atoms with van der Waals surface area (Å²) in [5.41, 5.74) is -0.839. The number of nitrogens with zero attached hydrogens (tertiary/aromatic N) is 2. The number of nitrogens with one attached hydrogen (secondary N) is 2. The molecule has 182 valence electrons. The number of aromatic amines is 1. The number of fused-ring (bicyclic) bond motifs is 1. The first-order chi connectivity index (χ1) is 17.3. The van der Waals surface area contributed by atoms with Crippen LogP contribution in [0, 0.1) is 10.1 Å². The third-order valence-corrected chi connectivity index (χ3v) is 5.09. The molecule has 0 unspecified atom stereocenters. The van der Waals surface area contributed by atoms with Crippen LogP contribution in [-0.4, -0.2) is 39.6 Å². The highest BCUT2D eigenvalue weighted by Crippen LogP contribution is 2.29. The molecule has 4 aromatic rings. The van der Waals surface area contributed by atoms with Gasteiger partial charge in [-0.25, -0.2) is 0 Å². The van der Waals surface area contributed by atoms with E-state index < -0.39 is 22.0 Å². The molecule has 1 amide bonds. The molecule has 0 saturated heterocycles. The molecule has 0 aliphatic carbocycles. The Bertz CT molecular complexity index is 1550. The lowest BCUT2D eigenvalue weighted by atomic mass is 10.1. The summed E-state index contributed by atoms with van der Waals surface area (Å²) in [5.74, 6) is -0.713. The number of anilines is 1. The minimum absolute atomic E-state index is 0.0762. The first-order valence-corrected chi connectivity index (χ1v) is 10.6. The number of rotatable bonds is 8. The molecule has 4 rings (SSSR count). The van der Waals surface area contributed by atoms with Crippen LogP contribution in [0.15, 0.2) is 65.5 Å². The molecule has 3 aromatic carbocycles. The van der Waals surface area contributed by atoms with Crippen molar-refractivity contribution in [2.24, 2.45) is 0 Å². The van der Waals surface area contributed by atoms with E-state index in [0.717, 1.165) is 10.8 Å². The highest BCUT2D eigenvalue weighted by molar-refractivity contribution is 5.95. The zero-order valence-corrected chi connectivity index (χ0v) is 18.9. The summed E-state index contributed by atoms with van der Waals surface area (Å²) in [5, 5.41) is 25.3. The van der Waals surface area contributed by atoms with Crippen LogP contribution in [0.4, 0.5) is 11.4 Å². The van der Waals surface area contributed by atoms with Crippen LogP contribution in [0.3, 0.4) is 0 Å². The van der Waals surface area contributed by atoms with Crippen molar-refractivity contribution in [1.82, 2.24) is 9.97 Å². The Morgan fingerprint density at radius 2 is 1.89 bits per heavy atom. The van der Waals surface area contributed by atoms with Gasteiger partial charge in [0.15, 0.2) is 18.1 Å². The largest absolute Gasteiger partial charge is 0.493 e. The summed E-state index contributed by atoms with van der Waals surface area (Å²) in [6, 6.07) is 18.3. The van der Waals surface area contributed by atoms with Crippen LogP contribution in [0.2, 0.25) is 0 Å². The molecule has 0 saturated carbocycles. The number of carbonyl (C=O) groups is 1. The standard InChI is InChI=1S/C25H20N4O7/c1-35-20-12-15(7-11-21-27-24(31)23(29(33)34)25(32)28-21)6-10-19(20)36-14-22(30)26-18-9-8-16-4-2-3-5-17(16)13-18/h2-13H,14H2,1H3,(H,26,30)(H2,27,28,31,32). The summed E-state index contributed by atoms with van der Waals surface area (Å²) >= 11 is 0. The lowest BCUT2D eigenvalue weighted by molar-refractivity contribution is -0.387. The molecular weight excluding hydrogens is 468 g/mol. The molecule has 1 heterocycles. The minimum Gasteiger partial charge on any atom is -0.493 e. The maximum Gasteiger partial charge on any atom is 0.395 e. The number of aromatic hydroxyl groups is 1. The van der Waals surface area contributed by atoms with E-state index in [2.05, 4.69) is 15.3 Å². The molecule has 11 nitrogen and oxygen atoms in total. The van der Waals surface area contributed by atoms with Crippen molar-refractivity contribution in [3.8, 4) is 17.4 Å². The summed E-state index contributed by atoms with van der Waals surface area (Å²) in [7, 11) is 1.44. The van der Waals surface area contributed by atoms with E-state index in [1.807, 2.05) is 42.5 Å². The van der Waals surface area contributed by atoms with Gasteiger partial charge in [0.05, 0.1) is 12.0 Å². The van der Waals surface area contributed by atoms with E-state index in [1.54, 1.807) is 24.3 Å². The Morgan fingerprint density at radius 3 is 2.61 bits per heavy atom. The highest BCUT2D eigenvalue weighted by atomic mass is 16.6. The van der Waals surface area contributed by atoms with Gasteiger partial charge in [-0.3, -0.25) is 19.7 Å². The molecule has 0 aliphatic rings. The van der Waals surface area contributed by atoms with Gasteiger partial charge < -0.3 is 24.9 Å². The van der Waals surface area contributed by atoms with E-state index in [9.17, 15) is 24.8 Å². The van der Waals surface area contributed by atoms with Gasteiger partial charge in [-0.1, -0.05) is 42.5 Å². The maximum absolute atomic E-state index is 12.4. The summed E-state index contributed by atoms with van der Waals surface area (Å²) in [6.07, 6.45) is 2.90. The van der Waals surface area contributed by atoms with Crippen LogP contribution in [0.25, 0.3) is 22.9 Å². The lowest BCUT2D eigenvalue weighted by Gasteiger charge is -2.12. The Balaban J connectivity index is 1.42. The third-order valence-electron chi connectivity index (χ3n) is 5.09. The molecule has 0 aliphatic heterocycles. The van der Waals surface area contributed by atoms with Crippen LogP contribution < -0.4 is 20.3 Å². The minimum atomic E-state index is -1.07. The van der Waals surface area contributed by atoms with Crippen LogP contribution >= 0.6 is 0 Å². The van der Waals surface area contributed by atoms with Crippen LogP contribution in [0.1, 0.15) is 11.4 Å². The van der Waals surface area contributed by atoms with Crippen molar-refractivity contribution in [3.63, 3.8) is 0 Å². The second-order valence-electron chi connectivity index (χ2n) is 7.52. The number of hydrogen-bond acceptors (Lipinski definition) is 8. The number of amides is 1. The van der Waals surface area contributed by atoms with Gasteiger partial charge in [0.25, 0.3) is 11.8 Å². The first kappa shape index (κ1) is 24.0. The van der Waals surface area contributed by atoms with Crippen molar-refractivity contribution in [2.75, 3.05) is 19.0 Å². The molecule has 0 bridgehead atoms.